The highest BCUT2D eigenvalue weighted by atomic mass is 32.2. The molecule has 2 atom stereocenters. The summed E-state index contributed by atoms with van der Waals surface area (Å²) in [6.45, 7) is 3.52. The van der Waals surface area contributed by atoms with Gasteiger partial charge in [-0.3, -0.25) is 9.52 Å². The second-order valence-corrected chi connectivity index (χ2v) is 10.0. The minimum absolute atomic E-state index is 0.00888. The van der Waals surface area contributed by atoms with E-state index < -0.39 is 10.0 Å². The predicted octanol–water partition coefficient (Wildman–Crippen LogP) is 4.45. The van der Waals surface area contributed by atoms with Crippen LogP contribution < -0.4 is 4.72 Å². The highest BCUT2D eigenvalue weighted by molar-refractivity contribution is 7.92. The monoisotopic (exact) mass is 412 g/mol. The van der Waals surface area contributed by atoms with Gasteiger partial charge in [0.15, 0.2) is 0 Å². The first-order valence-corrected chi connectivity index (χ1v) is 11.9. The molecule has 1 saturated carbocycles. The molecule has 29 heavy (non-hydrogen) atoms. The number of aryl methyl sites for hydroxylation is 1. The summed E-state index contributed by atoms with van der Waals surface area (Å²) in [6, 6.07) is 13.5. The number of fused-ring (bicyclic) bond motifs is 1. The number of hydrogen-bond donors (Lipinski definition) is 1. The number of nitrogens with zero attached hydrogens (tertiary/aromatic N) is 1. The van der Waals surface area contributed by atoms with Crippen molar-refractivity contribution in [3.05, 3.63) is 59.7 Å². The zero-order chi connectivity index (χ0) is 20.4. The van der Waals surface area contributed by atoms with Crippen LogP contribution in [0.1, 0.15) is 48.0 Å². The van der Waals surface area contributed by atoms with Gasteiger partial charge in [-0.1, -0.05) is 43.0 Å². The molecule has 1 amide bonds. The van der Waals surface area contributed by atoms with Gasteiger partial charge in [0.25, 0.3) is 15.9 Å². The third kappa shape index (κ3) is 4.47. The third-order valence-corrected chi connectivity index (χ3v) is 7.67. The number of benzene rings is 2. The standard InChI is InChI=1S/C23H28N2O3S/c1-17-9-11-22(12-10-17)29(27,28)24-21-8-4-7-19(15-21)23(26)25-14-13-18-5-2-3-6-20(18)16-25/h4,7-12,15,18,20,24H,2-3,5-6,13-14,16H2,1H3/t18-,20-/m0/s1. The van der Waals surface area contributed by atoms with Gasteiger partial charge in [-0.15, -0.1) is 0 Å². The van der Waals surface area contributed by atoms with Crippen molar-refractivity contribution in [3.63, 3.8) is 0 Å². The first-order chi connectivity index (χ1) is 13.9. The molecule has 2 aliphatic rings. The van der Waals surface area contributed by atoms with Gasteiger partial charge in [0.05, 0.1) is 4.90 Å². The zero-order valence-electron chi connectivity index (χ0n) is 16.8. The fraction of sp³-hybridized carbons (Fsp3) is 0.435. The van der Waals surface area contributed by atoms with Crippen LogP contribution in [-0.4, -0.2) is 32.3 Å². The molecule has 1 heterocycles. The topological polar surface area (TPSA) is 66.5 Å². The summed E-state index contributed by atoms with van der Waals surface area (Å²) in [5, 5.41) is 0. The van der Waals surface area contributed by atoms with Crippen LogP contribution in [0, 0.1) is 18.8 Å². The predicted molar refractivity (Wildman–Crippen MR) is 114 cm³/mol. The number of rotatable bonds is 4. The molecule has 1 N–H and O–H groups in total. The summed E-state index contributed by atoms with van der Waals surface area (Å²) in [7, 11) is -3.69. The van der Waals surface area contributed by atoms with E-state index in [1.165, 1.54) is 25.7 Å². The summed E-state index contributed by atoms with van der Waals surface area (Å²) in [4.78, 5) is 15.2. The molecule has 5 nitrogen and oxygen atoms in total. The summed E-state index contributed by atoms with van der Waals surface area (Å²) in [6.07, 6.45) is 6.17. The second-order valence-electron chi connectivity index (χ2n) is 8.34. The lowest BCUT2D eigenvalue weighted by atomic mass is 9.75. The van der Waals surface area contributed by atoms with E-state index >= 15 is 0 Å². The number of carbonyl (C=O) groups is 1. The highest BCUT2D eigenvalue weighted by Gasteiger charge is 2.33. The van der Waals surface area contributed by atoms with E-state index in [1.807, 2.05) is 11.8 Å². The van der Waals surface area contributed by atoms with Crippen LogP contribution in [0.25, 0.3) is 0 Å². The molecule has 4 rings (SSSR count). The van der Waals surface area contributed by atoms with Crippen molar-refractivity contribution < 1.29 is 13.2 Å². The molecular formula is C23H28N2O3S. The van der Waals surface area contributed by atoms with E-state index in [0.717, 1.165) is 31.0 Å². The maximum absolute atomic E-state index is 13.0. The van der Waals surface area contributed by atoms with Gasteiger partial charge >= 0.3 is 0 Å². The number of hydrogen-bond acceptors (Lipinski definition) is 3. The van der Waals surface area contributed by atoms with Gasteiger partial charge in [-0.2, -0.15) is 0 Å². The maximum atomic E-state index is 13.0. The van der Waals surface area contributed by atoms with Gasteiger partial charge in [-0.25, -0.2) is 8.42 Å². The van der Waals surface area contributed by atoms with Gasteiger partial charge in [0.1, 0.15) is 0 Å². The Bertz CT molecular complexity index is 985. The molecule has 0 unspecified atom stereocenters. The van der Waals surface area contributed by atoms with Gasteiger partial charge in [0, 0.05) is 24.3 Å². The van der Waals surface area contributed by atoms with Gasteiger partial charge < -0.3 is 4.90 Å². The molecule has 6 heteroatoms. The van der Waals surface area contributed by atoms with Crippen LogP contribution >= 0.6 is 0 Å². The first-order valence-electron chi connectivity index (χ1n) is 10.4. The molecule has 2 aromatic carbocycles. The van der Waals surface area contributed by atoms with Crippen molar-refractivity contribution in [2.75, 3.05) is 17.8 Å². The van der Waals surface area contributed by atoms with E-state index in [1.54, 1.807) is 48.5 Å². The van der Waals surface area contributed by atoms with Crippen LogP contribution in [0.15, 0.2) is 53.4 Å². The fourth-order valence-corrected chi connectivity index (χ4v) is 5.66. The largest absolute Gasteiger partial charge is 0.338 e. The van der Waals surface area contributed by atoms with E-state index in [-0.39, 0.29) is 10.8 Å². The number of piperidine rings is 1. The number of sulfonamides is 1. The summed E-state index contributed by atoms with van der Waals surface area (Å²) >= 11 is 0. The second kappa shape index (κ2) is 8.19. The molecule has 0 spiro atoms. The number of likely N-dealkylation sites (tertiary alicyclic amines) is 1. The Hall–Kier alpha value is -2.34. The summed E-state index contributed by atoms with van der Waals surface area (Å²) < 4.78 is 27.9. The molecule has 1 aliphatic carbocycles. The highest BCUT2D eigenvalue weighted by Crippen LogP contribution is 2.36. The maximum Gasteiger partial charge on any atom is 0.261 e. The van der Waals surface area contributed by atoms with E-state index in [0.29, 0.717) is 17.2 Å². The minimum Gasteiger partial charge on any atom is -0.338 e. The molecule has 2 fully saturated rings. The van der Waals surface area contributed by atoms with Crippen LogP contribution in [0.3, 0.4) is 0 Å². The Morgan fingerprint density at radius 2 is 1.72 bits per heavy atom. The number of carbonyl (C=O) groups excluding carboxylic acids is 1. The molecule has 1 saturated heterocycles. The van der Waals surface area contributed by atoms with Crippen LogP contribution in [0.2, 0.25) is 0 Å². The van der Waals surface area contributed by atoms with Crippen molar-refractivity contribution in [1.29, 1.82) is 0 Å². The Morgan fingerprint density at radius 3 is 2.48 bits per heavy atom. The van der Waals surface area contributed by atoms with Crippen LogP contribution in [-0.2, 0) is 10.0 Å². The average molecular weight is 413 g/mol. The Morgan fingerprint density at radius 1 is 1.00 bits per heavy atom. The molecule has 1 aliphatic heterocycles. The quantitative estimate of drug-likeness (QED) is 0.807. The SMILES string of the molecule is Cc1ccc(S(=O)(=O)Nc2cccc(C(=O)N3CC[C@@H]4CCCC[C@H]4C3)c2)cc1. The fourth-order valence-electron chi connectivity index (χ4n) is 4.62. The van der Waals surface area contributed by atoms with Crippen LogP contribution in [0.4, 0.5) is 5.69 Å². The van der Waals surface area contributed by atoms with Crippen molar-refractivity contribution in [2.45, 2.75) is 43.9 Å². The smallest absolute Gasteiger partial charge is 0.261 e. The molecule has 154 valence electrons. The molecular weight excluding hydrogens is 384 g/mol. The molecule has 2 aromatic rings. The van der Waals surface area contributed by atoms with E-state index in [9.17, 15) is 13.2 Å². The Kier molecular flexibility index (Phi) is 5.63. The minimum atomic E-state index is -3.69. The number of amides is 1. The van der Waals surface area contributed by atoms with Crippen molar-refractivity contribution in [2.24, 2.45) is 11.8 Å². The number of anilines is 1. The van der Waals surface area contributed by atoms with Crippen LogP contribution in [0.5, 0.6) is 0 Å². The van der Waals surface area contributed by atoms with Crippen molar-refractivity contribution in [3.8, 4) is 0 Å². The van der Waals surface area contributed by atoms with E-state index in [4.69, 9.17) is 0 Å². The molecule has 0 bridgehead atoms. The number of nitrogens with one attached hydrogen (secondary N) is 1. The molecule has 0 aromatic heterocycles. The van der Waals surface area contributed by atoms with Gasteiger partial charge in [-0.05, 0) is 61.9 Å². The first kappa shape index (κ1) is 20.0. The zero-order valence-corrected chi connectivity index (χ0v) is 17.6. The average Bonchev–Trinajstić information content (AvgIpc) is 2.73. The third-order valence-electron chi connectivity index (χ3n) is 6.27. The summed E-state index contributed by atoms with van der Waals surface area (Å²) in [5.41, 5.74) is 1.94. The lowest BCUT2D eigenvalue weighted by Gasteiger charge is -2.41. The Balaban J connectivity index is 1.48. The molecule has 0 radical (unpaired) electrons. The van der Waals surface area contributed by atoms with Gasteiger partial charge in [0.2, 0.25) is 0 Å². The summed E-state index contributed by atoms with van der Waals surface area (Å²) in [5.74, 6) is 1.37. The van der Waals surface area contributed by atoms with E-state index in [2.05, 4.69) is 4.72 Å². The van der Waals surface area contributed by atoms with Crippen molar-refractivity contribution in [1.82, 2.24) is 4.90 Å². The lowest BCUT2D eigenvalue weighted by Crippen LogP contribution is -2.44. The lowest BCUT2D eigenvalue weighted by molar-refractivity contribution is 0.0521. The van der Waals surface area contributed by atoms with Crippen molar-refractivity contribution >= 4 is 21.6 Å². The normalized spacial score (nSPS) is 22.0. The Labute approximate surface area is 173 Å².